The van der Waals surface area contributed by atoms with Crippen molar-refractivity contribution in [2.75, 3.05) is 6.54 Å². The average molecular weight is 264 g/mol. The van der Waals surface area contributed by atoms with Crippen LogP contribution in [-0.2, 0) is 16.0 Å². The number of rotatable bonds is 6. The zero-order valence-corrected chi connectivity index (χ0v) is 11.6. The number of ether oxygens (including phenoxy) is 1. The van der Waals surface area contributed by atoms with E-state index >= 15 is 0 Å². The molecule has 1 heterocycles. The van der Waals surface area contributed by atoms with E-state index in [9.17, 15) is 4.79 Å². The van der Waals surface area contributed by atoms with Crippen molar-refractivity contribution in [2.45, 2.75) is 39.2 Å². The Balaban J connectivity index is 2.12. The van der Waals surface area contributed by atoms with Gasteiger partial charge in [-0.3, -0.25) is 4.79 Å². The van der Waals surface area contributed by atoms with Crippen LogP contribution in [0.3, 0.4) is 0 Å². The van der Waals surface area contributed by atoms with Crippen LogP contribution < -0.4 is 5.43 Å². The second kappa shape index (κ2) is 7.45. The lowest BCUT2D eigenvalue weighted by atomic mass is 10.2. The molecule has 0 bridgehead atoms. The Kier molecular flexibility index (Phi) is 5.92. The fourth-order valence-corrected chi connectivity index (χ4v) is 1.24. The summed E-state index contributed by atoms with van der Waals surface area (Å²) in [4.78, 5) is 19.5. The van der Waals surface area contributed by atoms with Gasteiger partial charge in [0.2, 0.25) is 0 Å². The maximum Gasteiger partial charge on any atom is 0.308 e. The Morgan fingerprint density at radius 2 is 2.11 bits per heavy atom. The molecule has 0 aliphatic rings. The van der Waals surface area contributed by atoms with E-state index in [-0.39, 0.29) is 12.4 Å². The molecule has 0 atom stereocenters. The molecule has 0 amide bonds. The molecule has 6 nitrogen and oxygen atoms in total. The molecule has 0 fully saturated rings. The van der Waals surface area contributed by atoms with Crippen LogP contribution in [0.15, 0.2) is 23.6 Å². The summed E-state index contributed by atoms with van der Waals surface area (Å²) in [6, 6.07) is 1.76. The van der Waals surface area contributed by atoms with Crippen LogP contribution in [-0.4, -0.2) is 34.3 Å². The molecule has 6 heteroatoms. The standard InChI is InChI=1S/C13H20N4O2/c1-13(2,3)19-12(18)6-10-17-16-9-5-11-14-7-4-8-15-11/h4,7-9,17H,5-6,10H2,1-3H3/b16-9+. The zero-order chi connectivity index (χ0) is 14.1. The van der Waals surface area contributed by atoms with Crippen molar-refractivity contribution in [3.63, 3.8) is 0 Å². The topological polar surface area (TPSA) is 76.5 Å². The second-order valence-electron chi connectivity index (χ2n) is 4.93. The van der Waals surface area contributed by atoms with Crippen molar-refractivity contribution in [1.82, 2.24) is 15.4 Å². The van der Waals surface area contributed by atoms with Crippen LogP contribution in [0.2, 0.25) is 0 Å². The predicted molar refractivity (Wildman–Crippen MR) is 72.7 cm³/mol. The van der Waals surface area contributed by atoms with Crippen LogP contribution >= 0.6 is 0 Å². The minimum absolute atomic E-state index is 0.235. The summed E-state index contributed by atoms with van der Waals surface area (Å²) in [5, 5.41) is 3.97. The van der Waals surface area contributed by atoms with Gasteiger partial charge in [0, 0.05) is 31.6 Å². The molecule has 1 N–H and O–H groups in total. The number of carbonyl (C=O) groups excluding carboxylic acids is 1. The fraction of sp³-hybridized carbons (Fsp3) is 0.538. The van der Waals surface area contributed by atoms with E-state index in [1.54, 1.807) is 24.7 Å². The van der Waals surface area contributed by atoms with E-state index in [0.717, 1.165) is 0 Å². The molecule has 0 saturated heterocycles. The van der Waals surface area contributed by atoms with Crippen molar-refractivity contribution in [1.29, 1.82) is 0 Å². The molecule has 19 heavy (non-hydrogen) atoms. The quantitative estimate of drug-likeness (QED) is 0.363. The summed E-state index contributed by atoms with van der Waals surface area (Å²) in [6.45, 7) is 5.98. The SMILES string of the molecule is CC(C)(C)OC(=O)CCN/N=C/Cc1ncccn1. The van der Waals surface area contributed by atoms with Crippen LogP contribution in [0.1, 0.15) is 33.0 Å². The number of hydrogen-bond acceptors (Lipinski definition) is 6. The molecule has 0 aromatic carbocycles. The minimum Gasteiger partial charge on any atom is -0.460 e. The van der Waals surface area contributed by atoms with Gasteiger partial charge in [-0.05, 0) is 26.8 Å². The van der Waals surface area contributed by atoms with Crippen molar-refractivity contribution in [2.24, 2.45) is 5.10 Å². The van der Waals surface area contributed by atoms with Gasteiger partial charge in [-0.15, -0.1) is 0 Å². The van der Waals surface area contributed by atoms with Gasteiger partial charge in [-0.25, -0.2) is 9.97 Å². The van der Waals surface area contributed by atoms with E-state index < -0.39 is 5.60 Å². The summed E-state index contributed by atoms with van der Waals surface area (Å²) < 4.78 is 5.16. The van der Waals surface area contributed by atoms with Crippen LogP contribution in [0, 0.1) is 0 Å². The maximum atomic E-state index is 11.4. The van der Waals surface area contributed by atoms with Crippen molar-refractivity contribution >= 4 is 12.2 Å². The van der Waals surface area contributed by atoms with Gasteiger partial charge < -0.3 is 10.2 Å². The first-order valence-corrected chi connectivity index (χ1v) is 6.19. The first kappa shape index (κ1) is 15.1. The molecule has 1 rings (SSSR count). The zero-order valence-electron chi connectivity index (χ0n) is 11.6. The highest BCUT2D eigenvalue weighted by Crippen LogP contribution is 2.07. The molecule has 0 aliphatic carbocycles. The van der Waals surface area contributed by atoms with Gasteiger partial charge in [0.25, 0.3) is 0 Å². The molecule has 0 radical (unpaired) electrons. The molecule has 1 aromatic rings. The fourth-order valence-electron chi connectivity index (χ4n) is 1.24. The van der Waals surface area contributed by atoms with E-state index in [1.807, 2.05) is 20.8 Å². The first-order valence-electron chi connectivity index (χ1n) is 6.19. The third-order valence-corrected chi connectivity index (χ3v) is 1.94. The Morgan fingerprint density at radius 3 is 2.74 bits per heavy atom. The Morgan fingerprint density at radius 1 is 1.42 bits per heavy atom. The lowest BCUT2D eigenvalue weighted by Crippen LogP contribution is -2.25. The third kappa shape index (κ3) is 7.86. The van der Waals surface area contributed by atoms with Crippen LogP contribution in [0.4, 0.5) is 0 Å². The van der Waals surface area contributed by atoms with E-state index in [1.165, 1.54) is 0 Å². The van der Waals surface area contributed by atoms with Gasteiger partial charge in [0.15, 0.2) is 0 Å². The van der Waals surface area contributed by atoms with Crippen molar-refractivity contribution in [3.8, 4) is 0 Å². The highest BCUT2D eigenvalue weighted by Gasteiger charge is 2.15. The number of nitrogens with one attached hydrogen (secondary N) is 1. The predicted octanol–water partition coefficient (Wildman–Crippen LogP) is 1.33. The molecule has 0 saturated carbocycles. The number of hydrogen-bond donors (Lipinski definition) is 1. The molecule has 104 valence electrons. The Labute approximate surface area is 113 Å². The highest BCUT2D eigenvalue weighted by atomic mass is 16.6. The molecule has 0 unspecified atom stereocenters. The number of aromatic nitrogens is 2. The summed E-state index contributed by atoms with van der Waals surface area (Å²) in [6.07, 6.45) is 5.89. The molecular formula is C13H20N4O2. The number of nitrogens with zero attached hydrogens (tertiary/aromatic N) is 3. The van der Waals surface area contributed by atoms with Gasteiger partial charge in [0.05, 0.1) is 6.42 Å². The molecular weight excluding hydrogens is 244 g/mol. The van der Waals surface area contributed by atoms with Crippen LogP contribution in [0.5, 0.6) is 0 Å². The molecule has 1 aromatic heterocycles. The number of esters is 1. The lowest BCUT2D eigenvalue weighted by molar-refractivity contribution is -0.154. The van der Waals surface area contributed by atoms with E-state index in [0.29, 0.717) is 18.8 Å². The van der Waals surface area contributed by atoms with Crippen molar-refractivity contribution < 1.29 is 9.53 Å². The summed E-state index contributed by atoms with van der Waals surface area (Å²) in [5.74, 6) is 0.474. The van der Waals surface area contributed by atoms with Gasteiger partial charge in [-0.2, -0.15) is 5.10 Å². The van der Waals surface area contributed by atoms with E-state index in [2.05, 4.69) is 20.5 Å². The van der Waals surface area contributed by atoms with Crippen LogP contribution in [0.25, 0.3) is 0 Å². The summed E-state index contributed by atoms with van der Waals surface area (Å²) >= 11 is 0. The van der Waals surface area contributed by atoms with Gasteiger partial charge >= 0.3 is 5.97 Å². The minimum atomic E-state index is -0.439. The highest BCUT2D eigenvalue weighted by molar-refractivity contribution is 5.70. The van der Waals surface area contributed by atoms with E-state index in [4.69, 9.17) is 4.74 Å². The van der Waals surface area contributed by atoms with Gasteiger partial charge in [-0.1, -0.05) is 0 Å². The van der Waals surface area contributed by atoms with Crippen molar-refractivity contribution in [3.05, 3.63) is 24.3 Å². The maximum absolute atomic E-state index is 11.4. The summed E-state index contributed by atoms with van der Waals surface area (Å²) in [5.41, 5.74) is 2.35. The monoisotopic (exact) mass is 264 g/mol. The average Bonchev–Trinajstić information content (AvgIpc) is 2.32. The Hall–Kier alpha value is -1.98. The summed E-state index contributed by atoms with van der Waals surface area (Å²) in [7, 11) is 0. The molecule has 0 spiro atoms. The molecule has 0 aliphatic heterocycles. The lowest BCUT2D eigenvalue weighted by Gasteiger charge is -2.19. The second-order valence-corrected chi connectivity index (χ2v) is 4.93. The number of hydrazone groups is 1. The smallest absolute Gasteiger partial charge is 0.308 e. The number of carbonyl (C=O) groups is 1. The Bertz CT molecular complexity index is 412. The third-order valence-electron chi connectivity index (χ3n) is 1.94. The van der Waals surface area contributed by atoms with Gasteiger partial charge in [0.1, 0.15) is 11.4 Å². The first-order chi connectivity index (χ1) is 8.97. The largest absolute Gasteiger partial charge is 0.460 e. The normalized spacial score (nSPS) is 11.5.